The van der Waals surface area contributed by atoms with Crippen molar-refractivity contribution in [2.45, 2.75) is 39.7 Å². The maximum atomic E-state index is 11.5. The molecule has 0 spiro atoms. The number of hydrogen-bond acceptors (Lipinski definition) is 4. The predicted molar refractivity (Wildman–Crippen MR) is 72.8 cm³/mol. The predicted octanol–water partition coefficient (Wildman–Crippen LogP) is 2.16. The van der Waals surface area contributed by atoms with E-state index in [1.54, 1.807) is 6.07 Å². The van der Waals surface area contributed by atoms with E-state index in [-0.39, 0.29) is 17.2 Å². The number of halogens is 1. The Kier molecular flexibility index (Phi) is 5.85. The van der Waals surface area contributed by atoms with Gasteiger partial charge in [-0.05, 0) is 31.9 Å². The van der Waals surface area contributed by atoms with Gasteiger partial charge in [-0.25, -0.2) is 9.97 Å². The molecule has 5 nitrogen and oxygen atoms in total. The Morgan fingerprint density at radius 2 is 2.22 bits per heavy atom. The molecule has 1 amide bonds. The van der Waals surface area contributed by atoms with Gasteiger partial charge in [-0.1, -0.05) is 6.92 Å². The van der Waals surface area contributed by atoms with Crippen molar-refractivity contribution in [1.82, 2.24) is 15.3 Å². The molecule has 0 saturated carbocycles. The van der Waals surface area contributed by atoms with Crippen molar-refractivity contribution < 1.29 is 4.79 Å². The summed E-state index contributed by atoms with van der Waals surface area (Å²) < 4.78 is 0. The second kappa shape index (κ2) is 7.16. The molecular weight excluding hydrogens is 252 g/mol. The lowest BCUT2D eigenvalue weighted by molar-refractivity contribution is -0.121. The summed E-state index contributed by atoms with van der Waals surface area (Å²) in [6, 6.07) is 2.01. The van der Waals surface area contributed by atoms with Gasteiger partial charge in [0.25, 0.3) is 0 Å². The van der Waals surface area contributed by atoms with Crippen LogP contribution in [0.4, 0.5) is 5.82 Å². The SMILES string of the molecule is CCC(C)NC(=O)CCNc1cc(C)nc(Cl)n1. The Labute approximate surface area is 112 Å². The van der Waals surface area contributed by atoms with Gasteiger partial charge in [-0.15, -0.1) is 0 Å². The number of rotatable bonds is 6. The third kappa shape index (κ3) is 5.31. The second-order valence-corrected chi connectivity index (χ2v) is 4.56. The Morgan fingerprint density at radius 1 is 1.50 bits per heavy atom. The number of amides is 1. The highest BCUT2D eigenvalue weighted by molar-refractivity contribution is 6.28. The smallest absolute Gasteiger partial charge is 0.224 e. The zero-order chi connectivity index (χ0) is 13.5. The van der Waals surface area contributed by atoms with E-state index in [4.69, 9.17) is 11.6 Å². The minimum Gasteiger partial charge on any atom is -0.369 e. The van der Waals surface area contributed by atoms with Crippen LogP contribution in [0.2, 0.25) is 5.28 Å². The number of nitrogens with one attached hydrogen (secondary N) is 2. The number of anilines is 1. The average Bonchev–Trinajstić information content (AvgIpc) is 2.27. The van der Waals surface area contributed by atoms with E-state index in [0.717, 1.165) is 12.1 Å². The lowest BCUT2D eigenvalue weighted by Crippen LogP contribution is -2.33. The summed E-state index contributed by atoms with van der Waals surface area (Å²) in [5.41, 5.74) is 0.793. The van der Waals surface area contributed by atoms with Crippen LogP contribution in [0.1, 0.15) is 32.4 Å². The van der Waals surface area contributed by atoms with Gasteiger partial charge < -0.3 is 10.6 Å². The van der Waals surface area contributed by atoms with E-state index in [0.29, 0.717) is 18.8 Å². The zero-order valence-electron chi connectivity index (χ0n) is 11.0. The topological polar surface area (TPSA) is 66.9 Å². The van der Waals surface area contributed by atoms with Crippen LogP contribution in [0.15, 0.2) is 6.07 Å². The Hall–Kier alpha value is -1.36. The largest absolute Gasteiger partial charge is 0.369 e. The molecule has 1 unspecified atom stereocenters. The molecule has 1 rings (SSSR count). The van der Waals surface area contributed by atoms with Crippen LogP contribution in [-0.4, -0.2) is 28.5 Å². The molecule has 0 saturated heterocycles. The molecule has 2 N–H and O–H groups in total. The second-order valence-electron chi connectivity index (χ2n) is 4.22. The van der Waals surface area contributed by atoms with Crippen LogP contribution in [-0.2, 0) is 4.79 Å². The van der Waals surface area contributed by atoms with Gasteiger partial charge in [0.1, 0.15) is 5.82 Å². The van der Waals surface area contributed by atoms with E-state index in [9.17, 15) is 4.79 Å². The number of carbonyl (C=O) groups excluding carboxylic acids is 1. The third-order valence-corrected chi connectivity index (χ3v) is 2.67. The van der Waals surface area contributed by atoms with Gasteiger partial charge in [0.05, 0.1) is 0 Å². The van der Waals surface area contributed by atoms with Crippen molar-refractivity contribution in [3.63, 3.8) is 0 Å². The van der Waals surface area contributed by atoms with E-state index < -0.39 is 0 Å². The summed E-state index contributed by atoms with van der Waals surface area (Å²) in [5.74, 6) is 0.678. The van der Waals surface area contributed by atoms with Crippen LogP contribution in [0, 0.1) is 6.92 Å². The first-order valence-electron chi connectivity index (χ1n) is 6.05. The minimum absolute atomic E-state index is 0.0359. The first-order valence-corrected chi connectivity index (χ1v) is 6.43. The summed E-state index contributed by atoms with van der Waals surface area (Å²) in [7, 11) is 0. The molecular formula is C12H19ClN4O. The van der Waals surface area contributed by atoms with Gasteiger partial charge in [0.2, 0.25) is 11.2 Å². The molecule has 0 radical (unpaired) electrons. The number of nitrogens with zero attached hydrogens (tertiary/aromatic N) is 2. The minimum atomic E-state index is 0.0359. The first-order chi connectivity index (χ1) is 8.51. The van der Waals surface area contributed by atoms with E-state index in [1.165, 1.54) is 0 Å². The van der Waals surface area contributed by atoms with Gasteiger partial charge in [0.15, 0.2) is 0 Å². The quantitative estimate of drug-likeness (QED) is 0.778. The summed E-state index contributed by atoms with van der Waals surface area (Å²) in [6.45, 7) is 6.39. The summed E-state index contributed by atoms with van der Waals surface area (Å²) >= 11 is 5.74. The van der Waals surface area contributed by atoms with Crippen molar-refractivity contribution in [2.24, 2.45) is 0 Å². The fourth-order valence-electron chi connectivity index (χ4n) is 1.38. The Bertz CT molecular complexity index is 391. The average molecular weight is 271 g/mol. The highest BCUT2D eigenvalue weighted by Gasteiger charge is 2.05. The number of aromatic nitrogens is 2. The lowest BCUT2D eigenvalue weighted by Gasteiger charge is -2.11. The van der Waals surface area contributed by atoms with E-state index in [1.807, 2.05) is 20.8 Å². The molecule has 1 atom stereocenters. The molecule has 0 aromatic carbocycles. The number of carbonyl (C=O) groups is 1. The molecule has 6 heteroatoms. The van der Waals surface area contributed by atoms with Crippen molar-refractivity contribution in [3.05, 3.63) is 17.0 Å². The van der Waals surface area contributed by atoms with Crippen LogP contribution in [0.3, 0.4) is 0 Å². The van der Waals surface area contributed by atoms with Crippen molar-refractivity contribution in [3.8, 4) is 0 Å². The lowest BCUT2D eigenvalue weighted by atomic mass is 10.2. The zero-order valence-corrected chi connectivity index (χ0v) is 11.7. The molecule has 1 aromatic rings. The standard InChI is InChI=1S/C12H19ClN4O/c1-4-8(2)15-11(18)5-6-14-10-7-9(3)16-12(13)17-10/h7-8H,4-6H2,1-3H3,(H,15,18)(H,14,16,17). The van der Waals surface area contributed by atoms with Gasteiger partial charge in [-0.3, -0.25) is 4.79 Å². The van der Waals surface area contributed by atoms with E-state index in [2.05, 4.69) is 20.6 Å². The molecule has 1 aromatic heterocycles. The molecule has 0 aliphatic carbocycles. The maximum Gasteiger partial charge on any atom is 0.224 e. The number of hydrogen-bond donors (Lipinski definition) is 2. The highest BCUT2D eigenvalue weighted by atomic mass is 35.5. The highest BCUT2D eigenvalue weighted by Crippen LogP contribution is 2.09. The van der Waals surface area contributed by atoms with Crippen LogP contribution < -0.4 is 10.6 Å². The van der Waals surface area contributed by atoms with Crippen LogP contribution in [0.25, 0.3) is 0 Å². The fraction of sp³-hybridized carbons (Fsp3) is 0.583. The van der Waals surface area contributed by atoms with E-state index >= 15 is 0 Å². The molecule has 0 fully saturated rings. The van der Waals surface area contributed by atoms with Gasteiger partial charge in [0, 0.05) is 30.8 Å². The van der Waals surface area contributed by atoms with Gasteiger partial charge in [-0.2, -0.15) is 0 Å². The first kappa shape index (κ1) is 14.7. The monoisotopic (exact) mass is 270 g/mol. The maximum absolute atomic E-state index is 11.5. The summed E-state index contributed by atoms with van der Waals surface area (Å²) in [5, 5.41) is 6.16. The molecule has 1 heterocycles. The van der Waals surface area contributed by atoms with Gasteiger partial charge >= 0.3 is 0 Å². The molecule has 18 heavy (non-hydrogen) atoms. The molecule has 0 bridgehead atoms. The van der Waals surface area contributed by atoms with Crippen molar-refractivity contribution >= 4 is 23.3 Å². The van der Waals surface area contributed by atoms with Crippen LogP contribution in [0.5, 0.6) is 0 Å². The molecule has 0 aliphatic heterocycles. The third-order valence-electron chi connectivity index (χ3n) is 2.50. The number of aryl methyl sites for hydroxylation is 1. The van der Waals surface area contributed by atoms with Crippen molar-refractivity contribution in [1.29, 1.82) is 0 Å². The fourth-order valence-corrected chi connectivity index (χ4v) is 1.60. The molecule has 100 valence electrons. The normalized spacial score (nSPS) is 12.0. The van der Waals surface area contributed by atoms with Crippen molar-refractivity contribution in [2.75, 3.05) is 11.9 Å². The summed E-state index contributed by atoms with van der Waals surface area (Å²) in [6.07, 6.45) is 1.34. The Morgan fingerprint density at radius 3 is 2.83 bits per heavy atom. The summed E-state index contributed by atoms with van der Waals surface area (Å²) in [4.78, 5) is 19.5. The van der Waals surface area contributed by atoms with Crippen LogP contribution >= 0.6 is 11.6 Å². The molecule has 0 aliphatic rings. The Balaban J connectivity index is 2.35.